The van der Waals surface area contributed by atoms with Gasteiger partial charge in [0.15, 0.2) is 0 Å². The molecule has 6 heteroatoms. The van der Waals surface area contributed by atoms with E-state index < -0.39 is 0 Å². The molecule has 2 aromatic heterocycles. The Morgan fingerprint density at radius 1 is 1.11 bits per heavy atom. The molecule has 0 saturated carbocycles. The van der Waals surface area contributed by atoms with E-state index in [-0.39, 0.29) is 20.4 Å². The first kappa shape index (κ1) is 12.5. The summed E-state index contributed by atoms with van der Waals surface area (Å²) in [6, 6.07) is 12.9. The van der Waals surface area contributed by atoms with Gasteiger partial charge in [0, 0.05) is 0 Å². The maximum atomic E-state index is 12.0. The number of fused-ring (bicyclic) bond motifs is 1. The summed E-state index contributed by atoms with van der Waals surface area (Å²) >= 11 is 3.28. The number of amides is 1. The van der Waals surface area contributed by atoms with Crippen molar-refractivity contribution in [3.05, 3.63) is 52.6 Å². The minimum absolute atomic E-state index is 0.0520. The molecule has 0 unspecified atom stereocenters. The first-order chi connectivity index (χ1) is 9.22. The van der Waals surface area contributed by atoms with Crippen LogP contribution in [0.4, 0.5) is 4.69 Å². The fourth-order valence-corrected chi connectivity index (χ4v) is 3.93. The standard InChI is InChI=1S/C13H8BrN3OSe/c14-10-7-6-9-12(16-10)19-13(15-9)17-11(18)8-4-2-1-3-5-8/h1-7H,(H,15,17,18). The van der Waals surface area contributed by atoms with Crippen molar-refractivity contribution in [1.82, 2.24) is 9.97 Å². The number of nitrogens with one attached hydrogen (secondary N) is 1. The van der Waals surface area contributed by atoms with Crippen molar-refractivity contribution in [2.75, 3.05) is 5.32 Å². The summed E-state index contributed by atoms with van der Waals surface area (Å²) in [6.07, 6.45) is 0. The Bertz CT molecular complexity index is 742. The first-order valence-electron chi connectivity index (χ1n) is 5.52. The molecule has 1 aromatic carbocycles. The van der Waals surface area contributed by atoms with Gasteiger partial charge in [0.25, 0.3) is 0 Å². The second-order valence-corrected chi connectivity index (χ2v) is 6.66. The molecule has 1 N–H and O–H groups in total. The van der Waals surface area contributed by atoms with Crippen molar-refractivity contribution in [3.8, 4) is 0 Å². The van der Waals surface area contributed by atoms with Crippen molar-refractivity contribution in [2.45, 2.75) is 0 Å². The fraction of sp³-hybridized carbons (Fsp3) is 0. The Hall–Kier alpha value is -1.49. The summed E-state index contributed by atoms with van der Waals surface area (Å²) in [4.78, 5) is 20.8. The normalized spacial score (nSPS) is 10.6. The molecule has 0 fully saturated rings. The van der Waals surface area contributed by atoms with Crippen LogP contribution in [0, 0.1) is 0 Å². The molecular formula is C13H8BrN3OSe. The summed E-state index contributed by atoms with van der Waals surface area (Å²) in [7, 11) is 0. The second kappa shape index (κ2) is 5.25. The number of benzene rings is 1. The van der Waals surface area contributed by atoms with Gasteiger partial charge in [0.2, 0.25) is 0 Å². The molecule has 0 aliphatic heterocycles. The Balaban J connectivity index is 1.87. The second-order valence-electron chi connectivity index (χ2n) is 3.80. The maximum absolute atomic E-state index is 12.0. The Labute approximate surface area is 123 Å². The van der Waals surface area contributed by atoms with E-state index in [1.807, 2.05) is 30.3 Å². The van der Waals surface area contributed by atoms with Crippen molar-refractivity contribution in [2.24, 2.45) is 0 Å². The molecule has 19 heavy (non-hydrogen) atoms. The van der Waals surface area contributed by atoms with E-state index in [0.717, 1.165) is 14.5 Å². The Morgan fingerprint density at radius 2 is 1.89 bits per heavy atom. The summed E-state index contributed by atoms with van der Waals surface area (Å²) in [6.45, 7) is 0. The molecule has 94 valence electrons. The molecule has 0 radical (unpaired) electrons. The van der Waals surface area contributed by atoms with E-state index in [1.165, 1.54) is 0 Å². The van der Waals surface area contributed by atoms with Gasteiger partial charge in [0.05, 0.1) is 0 Å². The average molecular weight is 381 g/mol. The van der Waals surface area contributed by atoms with Crippen LogP contribution < -0.4 is 5.32 Å². The van der Waals surface area contributed by atoms with Crippen LogP contribution in [0.5, 0.6) is 0 Å². The van der Waals surface area contributed by atoms with Gasteiger partial charge in [-0.3, -0.25) is 0 Å². The molecule has 2 heterocycles. The van der Waals surface area contributed by atoms with Gasteiger partial charge in [-0.05, 0) is 0 Å². The van der Waals surface area contributed by atoms with Crippen molar-refractivity contribution in [1.29, 1.82) is 0 Å². The zero-order valence-electron chi connectivity index (χ0n) is 9.63. The van der Waals surface area contributed by atoms with E-state index in [9.17, 15) is 4.79 Å². The van der Waals surface area contributed by atoms with Crippen molar-refractivity contribution < 1.29 is 4.79 Å². The molecule has 3 aromatic rings. The van der Waals surface area contributed by atoms with Gasteiger partial charge in [-0.2, -0.15) is 0 Å². The summed E-state index contributed by atoms with van der Waals surface area (Å²) in [5.41, 5.74) is 1.47. The molecule has 0 spiro atoms. The number of hydrogen-bond donors (Lipinski definition) is 1. The number of hydrogen-bond acceptors (Lipinski definition) is 3. The van der Waals surface area contributed by atoms with Gasteiger partial charge in [0.1, 0.15) is 0 Å². The van der Waals surface area contributed by atoms with Crippen LogP contribution in [0.3, 0.4) is 0 Å². The number of pyridine rings is 1. The molecule has 0 aliphatic carbocycles. The number of rotatable bonds is 2. The topological polar surface area (TPSA) is 54.9 Å². The summed E-state index contributed by atoms with van der Waals surface area (Å²) in [5, 5.41) is 2.85. The first-order valence-corrected chi connectivity index (χ1v) is 8.02. The van der Waals surface area contributed by atoms with Gasteiger partial charge < -0.3 is 0 Å². The Kier molecular flexibility index (Phi) is 3.46. The third kappa shape index (κ3) is 2.76. The van der Waals surface area contributed by atoms with E-state index in [1.54, 1.807) is 12.1 Å². The summed E-state index contributed by atoms with van der Waals surface area (Å²) in [5.74, 6) is -0.131. The molecular weight excluding hydrogens is 373 g/mol. The monoisotopic (exact) mass is 381 g/mol. The van der Waals surface area contributed by atoms with E-state index in [2.05, 4.69) is 31.2 Å². The van der Waals surface area contributed by atoms with E-state index in [0.29, 0.717) is 10.3 Å². The molecule has 3 rings (SSSR count). The zero-order chi connectivity index (χ0) is 13.2. The van der Waals surface area contributed by atoms with Crippen LogP contribution in [0.1, 0.15) is 10.4 Å². The Morgan fingerprint density at radius 3 is 2.68 bits per heavy atom. The number of aromatic nitrogens is 2. The van der Waals surface area contributed by atoms with E-state index >= 15 is 0 Å². The number of halogens is 1. The van der Waals surface area contributed by atoms with Crippen LogP contribution in [-0.2, 0) is 0 Å². The molecule has 0 aliphatic rings. The molecule has 4 nitrogen and oxygen atoms in total. The van der Waals surface area contributed by atoms with Crippen LogP contribution in [-0.4, -0.2) is 30.4 Å². The summed E-state index contributed by atoms with van der Waals surface area (Å²) < 4.78 is 2.42. The third-order valence-electron chi connectivity index (χ3n) is 2.48. The number of anilines is 1. The van der Waals surface area contributed by atoms with Crippen molar-refractivity contribution >= 4 is 50.9 Å². The van der Waals surface area contributed by atoms with Gasteiger partial charge in [-0.25, -0.2) is 0 Å². The minimum atomic E-state index is -0.131. The SMILES string of the molecule is O=C(Nc1nc2ccc(Br)nc2[se]1)c1ccccc1. The van der Waals surface area contributed by atoms with Crippen LogP contribution in [0.25, 0.3) is 9.91 Å². The van der Waals surface area contributed by atoms with Gasteiger partial charge >= 0.3 is 124 Å². The third-order valence-corrected chi connectivity index (χ3v) is 4.77. The average Bonchev–Trinajstić information content (AvgIpc) is 2.81. The number of carbonyl (C=O) groups is 1. The fourth-order valence-electron chi connectivity index (χ4n) is 1.61. The quantitative estimate of drug-likeness (QED) is 0.549. The molecule has 0 bridgehead atoms. The van der Waals surface area contributed by atoms with E-state index in [4.69, 9.17) is 0 Å². The predicted molar refractivity (Wildman–Crippen MR) is 78.6 cm³/mol. The predicted octanol–water partition coefficient (Wildman–Crippen LogP) is 2.70. The van der Waals surface area contributed by atoms with Gasteiger partial charge in [-0.15, -0.1) is 0 Å². The molecule has 0 saturated heterocycles. The van der Waals surface area contributed by atoms with Crippen LogP contribution in [0.2, 0.25) is 0 Å². The van der Waals surface area contributed by atoms with Crippen molar-refractivity contribution in [3.63, 3.8) is 0 Å². The molecule has 1 amide bonds. The van der Waals surface area contributed by atoms with Gasteiger partial charge in [-0.1, -0.05) is 0 Å². The number of carbonyl (C=O) groups excluding carboxylic acids is 1. The number of nitrogens with zero attached hydrogens (tertiary/aromatic N) is 2. The van der Waals surface area contributed by atoms with Crippen LogP contribution in [0.15, 0.2) is 47.1 Å². The zero-order valence-corrected chi connectivity index (χ0v) is 12.9. The molecule has 0 atom stereocenters. The van der Waals surface area contributed by atoms with Crippen LogP contribution >= 0.6 is 15.9 Å².